The minimum atomic E-state index is -0.436. The van der Waals surface area contributed by atoms with E-state index >= 15 is 0 Å². The largest absolute Gasteiger partial charge is 0.493 e. The third-order valence-corrected chi connectivity index (χ3v) is 3.59. The van der Waals surface area contributed by atoms with Gasteiger partial charge in [-0.15, -0.1) is 0 Å². The summed E-state index contributed by atoms with van der Waals surface area (Å²) < 4.78 is 10.7. The highest BCUT2D eigenvalue weighted by molar-refractivity contribution is 6.32. The quantitative estimate of drug-likeness (QED) is 0.598. The number of carbonyl (C=O) groups excluding carboxylic acids is 1. The molecule has 0 aliphatic carbocycles. The number of hydrogen-bond donors (Lipinski definition) is 2. The van der Waals surface area contributed by atoms with Gasteiger partial charge in [0.25, 0.3) is 0 Å². The van der Waals surface area contributed by atoms with Crippen LogP contribution >= 0.6 is 11.6 Å². The molecule has 0 fully saturated rings. The van der Waals surface area contributed by atoms with Crippen molar-refractivity contribution < 1.29 is 14.3 Å². The lowest BCUT2D eigenvalue weighted by Gasteiger charge is -2.11. The highest BCUT2D eigenvalue weighted by Crippen LogP contribution is 2.35. The van der Waals surface area contributed by atoms with Gasteiger partial charge in [0.05, 0.1) is 25.0 Å². The number of anilines is 1. The van der Waals surface area contributed by atoms with Crippen LogP contribution in [0.2, 0.25) is 5.02 Å². The molecule has 0 aliphatic heterocycles. The number of aryl methyl sites for hydroxylation is 1. The van der Waals surface area contributed by atoms with Gasteiger partial charge >= 0.3 is 6.03 Å². The molecule has 2 aromatic carbocycles. The highest BCUT2D eigenvalue weighted by Gasteiger charge is 2.11. The van der Waals surface area contributed by atoms with Crippen LogP contribution in [0, 0.1) is 6.92 Å². The van der Waals surface area contributed by atoms with E-state index < -0.39 is 6.03 Å². The smallest absolute Gasteiger partial charge is 0.339 e. The molecular weight excluding hydrogens is 342 g/mol. The molecule has 0 aliphatic rings. The van der Waals surface area contributed by atoms with Crippen molar-refractivity contribution in [3.05, 3.63) is 52.5 Å². The summed E-state index contributed by atoms with van der Waals surface area (Å²) in [6.45, 7) is 4.25. The summed E-state index contributed by atoms with van der Waals surface area (Å²) in [5.41, 5.74) is 4.76. The summed E-state index contributed by atoms with van der Waals surface area (Å²) in [7, 11) is 1.53. The Hall–Kier alpha value is -2.73. The molecule has 2 rings (SSSR count). The molecule has 0 atom stereocenters. The Morgan fingerprint density at radius 1 is 1.32 bits per heavy atom. The summed E-state index contributed by atoms with van der Waals surface area (Å²) in [6, 6.07) is 10.4. The molecule has 0 saturated carbocycles. The molecule has 7 heteroatoms. The number of urea groups is 1. The van der Waals surface area contributed by atoms with E-state index in [2.05, 4.69) is 15.8 Å². The lowest BCUT2D eigenvalue weighted by molar-refractivity contribution is 0.252. The SMILES string of the molecule is CCOc1c(Cl)cc(/C=N\NC(=O)Nc2ccccc2C)cc1OC. The van der Waals surface area contributed by atoms with Gasteiger partial charge < -0.3 is 14.8 Å². The van der Waals surface area contributed by atoms with Gasteiger partial charge in [-0.25, -0.2) is 10.2 Å². The Balaban J connectivity index is 2.03. The molecule has 6 nitrogen and oxygen atoms in total. The molecule has 2 N–H and O–H groups in total. The van der Waals surface area contributed by atoms with Gasteiger partial charge in [0.1, 0.15) is 0 Å². The molecule has 0 unspecified atom stereocenters. The average Bonchev–Trinajstić information content (AvgIpc) is 2.59. The Morgan fingerprint density at radius 3 is 2.76 bits per heavy atom. The molecule has 0 heterocycles. The Kier molecular flexibility index (Phi) is 6.65. The summed E-state index contributed by atoms with van der Waals surface area (Å²) >= 11 is 6.19. The van der Waals surface area contributed by atoms with Gasteiger partial charge in [-0.3, -0.25) is 0 Å². The zero-order valence-electron chi connectivity index (χ0n) is 14.3. The third-order valence-electron chi connectivity index (χ3n) is 3.31. The maximum atomic E-state index is 11.9. The molecule has 0 saturated heterocycles. The second-order valence-corrected chi connectivity index (χ2v) is 5.51. The predicted octanol–water partition coefficient (Wildman–Crippen LogP) is 4.21. The second-order valence-electron chi connectivity index (χ2n) is 5.11. The van der Waals surface area contributed by atoms with Gasteiger partial charge in [0.2, 0.25) is 0 Å². The summed E-state index contributed by atoms with van der Waals surface area (Å²) in [4.78, 5) is 11.9. The van der Waals surface area contributed by atoms with E-state index in [1.54, 1.807) is 12.1 Å². The number of para-hydroxylation sites is 1. The fraction of sp³-hybridized carbons (Fsp3) is 0.222. The first-order valence-corrected chi connectivity index (χ1v) is 8.09. The van der Waals surface area contributed by atoms with Gasteiger partial charge in [-0.1, -0.05) is 29.8 Å². The van der Waals surface area contributed by atoms with Gasteiger partial charge in [0.15, 0.2) is 11.5 Å². The predicted molar refractivity (Wildman–Crippen MR) is 100 cm³/mol. The van der Waals surface area contributed by atoms with E-state index in [0.717, 1.165) is 11.3 Å². The minimum absolute atomic E-state index is 0.409. The number of hydrazone groups is 1. The number of benzene rings is 2. The first-order valence-electron chi connectivity index (χ1n) is 7.71. The minimum Gasteiger partial charge on any atom is -0.493 e. The number of nitrogens with one attached hydrogen (secondary N) is 2. The lowest BCUT2D eigenvalue weighted by Crippen LogP contribution is -2.24. The normalized spacial score (nSPS) is 10.6. The van der Waals surface area contributed by atoms with Crippen molar-refractivity contribution in [3.8, 4) is 11.5 Å². The van der Waals surface area contributed by atoms with Gasteiger partial charge in [0, 0.05) is 5.69 Å². The van der Waals surface area contributed by atoms with Crippen molar-refractivity contribution in [3.63, 3.8) is 0 Å². The molecule has 132 valence electrons. The lowest BCUT2D eigenvalue weighted by atomic mass is 10.2. The zero-order chi connectivity index (χ0) is 18.2. The van der Waals surface area contributed by atoms with Crippen LogP contribution in [0.25, 0.3) is 0 Å². The van der Waals surface area contributed by atoms with E-state index in [0.29, 0.717) is 28.7 Å². The van der Waals surface area contributed by atoms with Crippen LogP contribution in [0.1, 0.15) is 18.1 Å². The number of amides is 2. The monoisotopic (exact) mass is 361 g/mol. The molecule has 2 aromatic rings. The molecule has 0 radical (unpaired) electrons. The highest BCUT2D eigenvalue weighted by atomic mass is 35.5. The van der Waals surface area contributed by atoms with Crippen molar-refractivity contribution in [2.75, 3.05) is 19.0 Å². The van der Waals surface area contributed by atoms with Crippen molar-refractivity contribution >= 4 is 29.5 Å². The Bertz CT molecular complexity index is 778. The van der Waals surface area contributed by atoms with E-state index in [4.69, 9.17) is 21.1 Å². The molecular formula is C18H20ClN3O3. The summed E-state index contributed by atoms with van der Waals surface area (Å²) in [5, 5.41) is 7.05. The van der Waals surface area contributed by atoms with Gasteiger partial charge in [-0.2, -0.15) is 5.10 Å². The van der Waals surface area contributed by atoms with Crippen LogP contribution in [-0.4, -0.2) is 26.0 Å². The number of methoxy groups -OCH3 is 1. The van der Waals surface area contributed by atoms with E-state index in [-0.39, 0.29) is 0 Å². The number of rotatable bonds is 6. The zero-order valence-corrected chi connectivity index (χ0v) is 15.1. The molecule has 2 amide bonds. The topological polar surface area (TPSA) is 72.0 Å². The first-order chi connectivity index (χ1) is 12.0. The van der Waals surface area contributed by atoms with E-state index in [9.17, 15) is 4.79 Å². The van der Waals surface area contributed by atoms with Crippen LogP contribution in [0.4, 0.5) is 10.5 Å². The van der Waals surface area contributed by atoms with Crippen LogP contribution in [-0.2, 0) is 0 Å². The third kappa shape index (κ3) is 5.12. The molecule has 0 spiro atoms. The van der Waals surface area contributed by atoms with Crippen molar-refractivity contribution in [1.82, 2.24) is 5.43 Å². The van der Waals surface area contributed by atoms with E-state index in [1.165, 1.54) is 13.3 Å². The Morgan fingerprint density at radius 2 is 2.08 bits per heavy atom. The van der Waals surface area contributed by atoms with E-state index in [1.807, 2.05) is 38.1 Å². The average molecular weight is 362 g/mol. The maximum Gasteiger partial charge on any atom is 0.339 e. The number of nitrogens with zero attached hydrogens (tertiary/aromatic N) is 1. The number of hydrogen-bond acceptors (Lipinski definition) is 4. The second kappa shape index (κ2) is 8.94. The standard InChI is InChI=1S/C18H20ClN3O3/c1-4-25-17-14(19)9-13(10-16(17)24-3)11-20-22-18(23)21-15-8-6-5-7-12(15)2/h5-11H,4H2,1-3H3,(H2,21,22,23)/b20-11-. The molecule has 25 heavy (non-hydrogen) atoms. The van der Waals surface area contributed by atoms with Crippen molar-refractivity contribution in [1.29, 1.82) is 0 Å². The maximum absolute atomic E-state index is 11.9. The molecule has 0 aromatic heterocycles. The van der Waals surface area contributed by atoms with Gasteiger partial charge in [-0.05, 0) is 43.2 Å². The first kappa shape index (κ1) is 18.6. The Labute approximate surface area is 151 Å². The van der Waals surface area contributed by atoms with Crippen LogP contribution in [0.3, 0.4) is 0 Å². The number of halogens is 1. The van der Waals surface area contributed by atoms with Crippen molar-refractivity contribution in [2.45, 2.75) is 13.8 Å². The van der Waals surface area contributed by atoms with Crippen LogP contribution in [0.15, 0.2) is 41.5 Å². The number of ether oxygens (including phenoxy) is 2. The van der Waals surface area contributed by atoms with Crippen LogP contribution < -0.4 is 20.2 Å². The molecule has 0 bridgehead atoms. The van der Waals surface area contributed by atoms with Crippen molar-refractivity contribution in [2.24, 2.45) is 5.10 Å². The number of carbonyl (C=O) groups is 1. The summed E-state index contributed by atoms with van der Waals surface area (Å²) in [5.74, 6) is 0.981. The van der Waals surface area contributed by atoms with Crippen LogP contribution in [0.5, 0.6) is 11.5 Å². The fourth-order valence-corrected chi connectivity index (χ4v) is 2.40. The fourth-order valence-electron chi connectivity index (χ4n) is 2.13. The summed E-state index contributed by atoms with van der Waals surface area (Å²) in [6.07, 6.45) is 1.47.